The van der Waals surface area contributed by atoms with Crippen molar-refractivity contribution in [2.24, 2.45) is 5.84 Å². The van der Waals surface area contributed by atoms with Crippen molar-refractivity contribution in [3.63, 3.8) is 0 Å². The summed E-state index contributed by atoms with van der Waals surface area (Å²) in [5.41, 5.74) is 3.92. The van der Waals surface area contributed by atoms with Gasteiger partial charge in [0.2, 0.25) is 0 Å². The van der Waals surface area contributed by atoms with E-state index in [9.17, 15) is 0 Å². The summed E-state index contributed by atoms with van der Waals surface area (Å²) in [5.74, 6) is 5.53. The number of nitrogens with one attached hydrogen (secondary N) is 1. The van der Waals surface area contributed by atoms with Crippen LogP contribution in [0.1, 0.15) is 19.4 Å². The molecule has 1 heterocycles. The maximum Gasteiger partial charge on any atom is 0.0716 e. The summed E-state index contributed by atoms with van der Waals surface area (Å²) in [6.45, 7) is 4.68. The van der Waals surface area contributed by atoms with Gasteiger partial charge in [-0.3, -0.25) is 16.3 Å². The number of hydrogen-bond donors (Lipinski definition) is 2. The van der Waals surface area contributed by atoms with Crippen molar-refractivity contribution < 1.29 is 4.74 Å². The molecule has 0 saturated heterocycles. The Balaban J connectivity index is 2.62. The van der Waals surface area contributed by atoms with Crippen molar-refractivity contribution in [3.8, 4) is 0 Å². The molecule has 0 aliphatic heterocycles. The molecule has 0 amide bonds. The second-order valence-corrected chi connectivity index (χ2v) is 4.56. The molecule has 0 aromatic carbocycles. The van der Waals surface area contributed by atoms with E-state index in [4.69, 9.17) is 10.6 Å². The minimum absolute atomic E-state index is 0.0778. The minimum atomic E-state index is 0.0778. The molecular weight excluding hydrogens is 270 g/mol. The Labute approximate surface area is 105 Å². The van der Waals surface area contributed by atoms with Crippen LogP contribution in [0.25, 0.3) is 0 Å². The van der Waals surface area contributed by atoms with Crippen LogP contribution in [0.5, 0.6) is 0 Å². The lowest BCUT2D eigenvalue weighted by Gasteiger charge is -2.23. The molecule has 2 atom stereocenters. The number of hydrogen-bond acceptors (Lipinski definition) is 4. The van der Waals surface area contributed by atoms with Gasteiger partial charge in [-0.15, -0.1) is 0 Å². The standard InChI is InChI=1S/C11H18BrN3O/c1-3-16-8(2)11(15-13)5-9-4-10(12)7-14-6-9/h4,6-8,11,15H,3,5,13H2,1-2H3. The molecule has 1 aromatic rings. The summed E-state index contributed by atoms with van der Waals surface area (Å²) in [5, 5.41) is 0. The van der Waals surface area contributed by atoms with E-state index in [0.29, 0.717) is 6.61 Å². The third-order valence-corrected chi connectivity index (χ3v) is 2.86. The van der Waals surface area contributed by atoms with E-state index in [1.54, 1.807) is 6.20 Å². The van der Waals surface area contributed by atoms with Crippen molar-refractivity contribution in [1.82, 2.24) is 10.4 Å². The van der Waals surface area contributed by atoms with Crippen LogP contribution in [0.3, 0.4) is 0 Å². The van der Waals surface area contributed by atoms with Crippen molar-refractivity contribution in [1.29, 1.82) is 0 Å². The first kappa shape index (κ1) is 13.6. The zero-order chi connectivity index (χ0) is 12.0. The number of aromatic nitrogens is 1. The van der Waals surface area contributed by atoms with E-state index in [1.807, 2.05) is 26.1 Å². The van der Waals surface area contributed by atoms with Gasteiger partial charge >= 0.3 is 0 Å². The van der Waals surface area contributed by atoms with Crippen LogP contribution in [0, 0.1) is 0 Å². The van der Waals surface area contributed by atoms with E-state index in [2.05, 4.69) is 26.3 Å². The number of nitrogens with zero attached hydrogens (tertiary/aromatic N) is 1. The number of pyridine rings is 1. The van der Waals surface area contributed by atoms with Gasteiger partial charge in [0, 0.05) is 23.5 Å². The molecule has 1 rings (SSSR count). The summed E-state index contributed by atoms with van der Waals surface area (Å²) in [6, 6.07) is 2.13. The van der Waals surface area contributed by atoms with E-state index in [0.717, 1.165) is 16.5 Å². The van der Waals surface area contributed by atoms with Crippen molar-refractivity contribution in [2.75, 3.05) is 6.61 Å². The Morgan fingerprint density at radius 1 is 1.56 bits per heavy atom. The quantitative estimate of drug-likeness (QED) is 0.617. The third-order valence-electron chi connectivity index (χ3n) is 2.43. The normalized spacial score (nSPS) is 14.8. The number of nitrogens with two attached hydrogens (primary N) is 1. The molecule has 0 bridgehead atoms. The Bertz CT molecular complexity index is 322. The van der Waals surface area contributed by atoms with E-state index < -0.39 is 0 Å². The number of rotatable bonds is 6. The fourth-order valence-corrected chi connectivity index (χ4v) is 1.97. The predicted octanol–water partition coefficient (Wildman–Crippen LogP) is 1.64. The Morgan fingerprint density at radius 2 is 2.31 bits per heavy atom. The molecule has 0 aliphatic rings. The monoisotopic (exact) mass is 287 g/mol. The van der Waals surface area contributed by atoms with Crippen LogP contribution in [0.4, 0.5) is 0 Å². The van der Waals surface area contributed by atoms with Crippen molar-refractivity contribution >= 4 is 15.9 Å². The second kappa shape index (κ2) is 6.96. The summed E-state index contributed by atoms with van der Waals surface area (Å²) in [6.07, 6.45) is 4.48. The highest BCUT2D eigenvalue weighted by Gasteiger charge is 2.16. The first-order valence-corrected chi connectivity index (χ1v) is 6.13. The molecule has 2 unspecified atom stereocenters. The van der Waals surface area contributed by atoms with Gasteiger partial charge in [0.05, 0.1) is 12.1 Å². The van der Waals surface area contributed by atoms with Crippen LogP contribution >= 0.6 is 15.9 Å². The lowest BCUT2D eigenvalue weighted by molar-refractivity contribution is 0.0476. The van der Waals surface area contributed by atoms with Gasteiger partial charge in [0.15, 0.2) is 0 Å². The van der Waals surface area contributed by atoms with Gasteiger partial charge in [-0.2, -0.15) is 0 Å². The second-order valence-electron chi connectivity index (χ2n) is 3.65. The molecule has 0 spiro atoms. The fraction of sp³-hybridized carbons (Fsp3) is 0.545. The number of ether oxygens (including phenoxy) is 1. The Hall–Kier alpha value is -0.490. The smallest absolute Gasteiger partial charge is 0.0716 e. The van der Waals surface area contributed by atoms with E-state index in [1.165, 1.54) is 0 Å². The molecule has 0 aliphatic carbocycles. The average Bonchev–Trinajstić information content (AvgIpc) is 2.26. The first-order chi connectivity index (χ1) is 7.67. The summed E-state index contributed by atoms with van der Waals surface area (Å²) >= 11 is 3.40. The maximum absolute atomic E-state index is 5.53. The minimum Gasteiger partial charge on any atom is -0.377 e. The van der Waals surface area contributed by atoms with E-state index >= 15 is 0 Å². The Morgan fingerprint density at radius 3 is 2.88 bits per heavy atom. The van der Waals surface area contributed by atoms with Crippen LogP contribution in [-0.2, 0) is 11.2 Å². The van der Waals surface area contributed by atoms with Crippen molar-refractivity contribution in [3.05, 3.63) is 28.5 Å². The molecule has 1 aromatic heterocycles. The fourth-order valence-electron chi connectivity index (χ4n) is 1.56. The zero-order valence-corrected chi connectivity index (χ0v) is 11.2. The lowest BCUT2D eigenvalue weighted by Crippen LogP contribution is -2.45. The molecule has 0 radical (unpaired) electrons. The molecule has 0 saturated carbocycles. The SMILES string of the molecule is CCOC(C)C(Cc1cncc(Br)c1)NN. The van der Waals surface area contributed by atoms with Gasteiger partial charge in [-0.1, -0.05) is 0 Å². The Kier molecular flexibility index (Phi) is 5.90. The lowest BCUT2D eigenvalue weighted by atomic mass is 10.0. The highest BCUT2D eigenvalue weighted by molar-refractivity contribution is 9.10. The number of hydrazine groups is 1. The van der Waals surface area contributed by atoms with Gasteiger partial charge < -0.3 is 4.74 Å². The topological polar surface area (TPSA) is 60.2 Å². The molecule has 0 fully saturated rings. The highest BCUT2D eigenvalue weighted by atomic mass is 79.9. The van der Waals surface area contributed by atoms with Gasteiger partial charge in [-0.25, -0.2) is 0 Å². The predicted molar refractivity (Wildman–Crippen MR) is 67.8 cm³/mol. The number of halogens is 1. The summed E-state index contributed by atoms with van der Waals surface area (Å²) < 4.78 is 6.50. The molecule has 5 heteroatoms. The summed E-state index contributed by atoms with van der Waals surface area (Å²) in [7, 11) is 0. The van der Waals surface area contributed by atoms with Crippen LogP contribution in [-0.4, -0.2) is 23.7 Å². The van der Waals surface area contributed by atoms with E-state index in [-0.39, 0.29) is 12.1 Å². The van der Waals surface area contributed by atoms with Gasteiger partial charge in [-0.05, 0) is 47.8 Å². The van der Waals surface area contributed by atoms with Gasteiger partial charge in [0.1, 0.15) is 0 Å². The molecular formula is C11H18BrN3O. The van der Waals surface area contributed by atoms with Crippen LogP contribution in [0.15, 0.2) is 22.9 Å². The van der Waals surface area contributed by atoms with Crippen molar-refractivity contribution in [2.45, 2.75) is 32.4 Å². The van der Waals surface area contributed by atoms with Gasteiger partial charge in [0.25, 0.3) is 0 Å². The zero-order valence-electron chi connectivity index (χ0n) is 9.61. The summed E-state index contributed by atoms with van der Waals surface area (Å²) in [4.78, 5) is 4.12. The third kappa shape index (κ3) is 4.17. The average molecular weight is 288 g/mol. The molecule has 4 nitrogen and oxygen atoms in total. The van der Waals surface area contributed by atoms with Crippen LogP contribution < -0.4 is 11.3 Å². The highest BCUT2D eigenvalue weighted by Crippen LogP contribution is 2.12. The molecule has 16 heavy (non-hydrogen) atoms. The largest absolute Gasteiger partial charge is 0.377 e. The first-order valence-electron chi connectivity index (χ1n) is 5.34. The molecule has 3 N–H and O–H groups in total. The van der Waals surface area contributed by atoms with Crippen LogP contribution in [0.2, 0.25) is 0 Å². The maximum atomic E-state index is 5.53. The molecule has 90 valence electrons.